The zero-order chi connectivity index (χ0) is 29.2. The van der Waals surface area contributed by atoms with Crippen molar-refractivity contribution in [2.24, 2.45) is 5.92 Å². The number of likely N-dealkylation sites (N-methyl/N-ethyl adjacent to an activating group) is 1. The summed E-state index contributed by atoms with van der Waals surface area (Å²) in [5.74, 6) is 0.400. The highest BCUT2D eigenvalue weighted by Gasteiger charge is 2.21. The minimum Gasteiger partial charge on any atom is -0.385 e. The van der Waals surface area contributed by atoms with E-state index in [0.717, 1.165) is 58.3 Å². The van der Waals surface area contributed by atoms with E-state index in [-0.39, 0.29) is 17.7 Å². The van der Waals surface area contributed by atoms with E-state index in [2.05, 4.69) is 37.3 Å². The third-order valence-corrected chi connectivity index (χ3v) is 8.55. The van der Waals surface area contributed by atoms with Gasteiger partial charge in [0.05, 0.1) is 0 Å². The van der Waals surface area contributed by atoms with Crippen molar-refractivity contribution in [3.8, 4) is 0 Å². The Labute approximate surface area is 245 Å². The highest BCUT2D eigenvalue weighted by atomic mass is 16.5. The number of methoxy groups -OCH3 is 1. The zero-order valence-electron chi connectivity index (χ0n) is 26.6. The Morgan fingerprint density at radius 1 is 0.725 bits per heavy atom. The number of amides is 2. The van der Waals surface area contributed by atoms with Crippen LogP contribution in [0.3, 0.4) is 0 Å². The molecule has 2 N–H and O–H groups in total. The molecule has 0 aromatic rings. The van der Waals surface area contributed by atoms with Crippen molar-refractivity contribution >= 4 is 11.8 Å². The summed E-state index contributed by atoms with van der Waals surface area (Å²) in [6.45, 7) is 19.5. The second kappa shape index (κ2) is 20.6. The predicted molar refractivity (Wildman–Crippen MR) is 165 cm³/mol. The number of nitrogens with one attached hydrogen (secondary N) is 2. The van der Waals surface area contributed by atoms with Gasteiger partial charge in [-0.3, -0.25) is 9.59 Å². The average Bonchev–Trinajstić information content (AvgIpc) is 3.15. The smallest absolute Gasteiger partial charge is 0.222 e. The molecule has 2 amide bonds. The standard InChI is InChI=1S/C16H32N2O2.C15H30N4O/c1-14(2)16(19)17-15-8-7-11-18(12-9-15)10-5-4-6-13-20-3;1-14(20)16-15-4-8-18(9-5-15)6-3-7-19-12-10-17(2)11-13-19/h14-15H,4-13H2,1-3H3,(H,17,19);15H,3-13H2,1-2H3,(H,16,20). The molecule has 1 unspecified atom stereocenters. The summed E-state index contributed by atoms with van der Waals surface area (Å²) in [7, 11) is 3.97. The van der Waals surface area contributed by atoms with Gasteiger partial charge in [-0.05, 0) is 91.0 Å². The quantitative estimate of drug-likeness (QED) is 0.332. The molecule has 234 valence electrons. The van der Waals surface area contributed by atoms with E-state index in [1.165, 1.54) is 78.0 Å². The van der Waals surface area contributed by atoms with Gasteiger partial charge in [-0.25, -0.2) is 0 Å². The Balaban J connectivity index is 0.000000280. The third kappa shape index (κ3) is 15.7. The van der Waals surface area contributed by atoms with Gasteiger partial charge in [0.2, 0.25) is 11.8 Å². The van der Waals surface area contributed by atoms with Crippen molar-refractivity contribution in [2.75, 3.05) is 92.8 Å². The maximum Gasteiger partial charge on any atom is 0.222 e. The maximum atomic E-state index is 11.7. The minimum absolute atomic E-state index is 0.0927. The lowest BCUT2D eigenvalue weighted by Crippen LogP contribution is -2.46. The van der Waals surface area contributed by atoms with Crippen molar-refractivity contribution in [3.05, 3.63) is 0 Å². The minimum atomic E-state index is 0.0927. The molecule has 0 radical (unpaired) electrons. The Hall–Kier alpha value is -1.26. The molecule has 3 heterocycles. The van der Waals surface area contributed by atoms with E-state index in [1.54, 1.807) is 14.0 Å². The van der Waals surface area contributed by atoms with Crippen LogP contribution in [0.2, 0.25) is 0 Å². The van der Waals surface area contributed by atoms with Gasteiger partial charge >= 0.3 is 0 Å². The normalized spacial score (nSPS) is 22.4. The number of carbonyl (C=O) groups is 2. The Bertz CT molecular complexity index is 678. The topological polar surface area (TPSA) is 80.4 Å². The molecule has 9 nitrogen and oxygen atoms in total. The summed E-state index contributed by atoms with van der Waals surface area (Å²) in [5.41, 5.74) is 0. The highest BCUT2D eigenvalue weighted by Crippen LogP contribution is 2.13. The molecule has 0 spiro atoms. The molecule has 0 bridgehead atoms. The van der Waals surface area contributed by atoms with E-state index >= 15 is 0 Å². The highest BCUT2D eigenvalue weighted by molar-refractivity contribution is 5.78. The van der Waals surface area contributed by atoms with Gasteiger partial charge in [-0.2, -0.15) is 0 Å². The molecule has 1 atom stereocenters. The van der Waals surface area contributed by atoms with Crippen LogP contribution >= 0.6 is 0 Å². The van der Waals surface area contributed by atoms with Crippen molar-refractivity contribution in [1.82, 2.24) is 30.2 Å². The van der Waals surface area contributed by atoms with E-state index in [1.807, 2.05) is 13.8 Å². The van der Waals surface area contributed by atoms with E-state index in [9.17, 15) is 9.59 Å². The van der Waals surface area contributed by atoms with Crippen LogP contribution in [0.4, 0.5) is 0 Å². The maximum absolute atomic E-state index is 11.7. The van der Waals surface area contributed by atoms with Gasteiger partial charge in [0.1, 0.15) is 0 Å². The first kappa shape index (κ1) is 34.9. The Morgan fingerprint density at radius 3 is 1.85 bits per heavy atom. The summed E-state index contributed by atoms with van der Waals surface area (Å²) >= 11 is 0. The lowest BCUT2D eigenvalue weighted by atomic mass is 10.0. The number of likely N-dealkylation sites (tertiary alicyclic amines) is 2. The van der Waals surface area contributed by atoms with Crippen LogP contribution in [0.1, 0.15) is 78.6 Å². The van der Waals surface area contributed by atoms with Gasteiger partial charge in [-0.1, -0.05) is 13.8 Å². The van der Waals surface area contributed by atoms with E-state index in [0.29, 0.717) is 12.1 Å². The summed E-state index contributed by atoms with van der Waals surface area (Å²) in [4.78, 5) is 32.9. The predicted octanol–water partition coefficient (Wildman–Crippen LogP) is 2.65. The van der Waals surface area contributed by atoms with Gasteiger partial charge in [-0.15, -0.1) is 0 Å². The first-order chi connectivity index (χ1) is 19.3. The van der Waals surface area contributed by atoms with Crippen molar-refractivity contribution in [3.63, 3.8) is 0 Å². The number of rotatable bonds is 13. The third-order valence-electron chi connectivity index (χ3n) is 8.55. The van der Waals surface area contributed by atoms with Crippen LogP contribution < -0.4 is 10.6 Å². The number of unbranched alkanes of at least 4 members (excludes halogenated alkanes) is 2. The van der Waals surface area contributed by atoms with Gasteiger partial charge < -0.3 is 35.0 Å². The number of carbonyl (C=O) groups excluding carboxylic acids is 2. The molecule has 3 aliphatic rings. The molecule has 0 aliphatic carbocycles. The molecular weight excluding hydrogens is 504 g/mol. The first-order valence-corrected chi connectivity index (χ1v) is 16.2. The van der Waals surface area contributed by atoms with Gasteiger partial charge in [0, 0.05) is 84.5 Å². The van der Waals surface area contributed by atoms with Gasteiger partial charge in [0.25, 0.3) is 0 Å². The summed E-state index contributed by atoms with van der Waals surface area (Å²) in [6, 6.07) is 0.782. The molecule has 9 heteroatoms. The van der Waals surface area contributed by atoms with Crippen LogP contribution in [-0.4, -0.2) is 136 Å². The zero-order valence-corrected chi connectivity index (χ0v) is 26.6. The average molecular weight is 567 g/mol. The second-order valence-electron chi connectivity index (χ2n) is 12.5. The fourth-order valence-electron chi connectivity index (χ4n) is 5.83. The number of nitrogens with zero attached hydrogens (tertiary/aromatic N) is 4. The molecule has 3 rings (SSSR count). The number of hydrogen-bond donors (Lipinski definition) is 2. The number of piperazine rings is 1. The van der Waals surface area contributed by atoms with Crippen LogP contribution in [-0.2, 0) is 14.3 Å². The first-order valence-electron chi connectivity index (χ1n) is 16.2. The number of ether oxygens (including phenoxy) is 1. The molecule has 0 aromatic carbocycles. The molecule has 0 saturated carbocycles. The van der Waals surface area contributed by atoms with E-state index in [4.69, 9.17) is 4.74 Å². The SMILES string of the molecule is CC(=O)NC1CCN(CCCN2CCN(C)CC2)CC1.COCCCCCN1CCCC(NC(=O)C(C)C)CC1. The van der Waals surface area contributed by atoms with Crippen LogP contribution in [0.5, 0.6) is 0 Å². The molecular formula is C31H62N6O3. The summed E-state index contributed by atoms with van der Waals surface area (Å²) < 4.78 is 5.07. The van der Waals surface area contributed by atoms with E-state index < -0.39 is 0 Å². The van der Waals surface area contributed by atoms with Crippen molar-refractivity contribution in [2.45, 2.75) is 90.6 Å². The monoisotopic (exact) mass is 566 g/mol. The Morgan fingerprint density at radius 2 is 1.27 bits per heavy atom. The Kier molecular flexibility index (Phi) is 18.0. The largest absolute Gasteiger partial charge is 0.385 e. The molecule has 40 heavy (non-hydrogen) atoms. The van der Waals surface area contributed by atoms with Crippen molar-refractivity contribution < 1.29 is 14.3 Å². The molecule has 3 fully saturated rings. The second-order valence-corrected chi connectivity index (χ2v) is 12.5. The van der Waals surface area contributed by atoms with Gasteiger partial charge in [0.15, 0.2) is 0 Å². The fraction of sp³-hybridized carbons (Fsp3) is 0.935. The van der Waals surface area contributed by atoms with Crippen LogP contribution in [0, 0.1) is 5.92 Å². The lowest BCUT2D eigenvalue weighted by molar-refractivity contribution is -0.124. The number of piperidine rings is 1. The molecule has 3 aliphatic heterocycles. The molecule has 0 aromatic heterocycles. The van der Waals surface area contributed by atoms with Crippen LogP contribution in [0.15, 0.2) is 0 Å². The lowest BCUT2D eigenvalue weighted by Gasteiger charge is -2.34. The number of hydrogen-bond acceptors (Lipinski definition) is 7. The summed E-state index contributed by atoms with van der Waals surface area (Å²) in [6.07, 6.45) is 10.6. The summed E-state index contributed by atoms with van der Waals surface area (Å²) in [5, 5.41) is 6.22. The van der Waals surface area contributed by atoms with Crippen LogP contribution in [0.25, 0.3) is 0 Å². The molecule has 3 saturated heterocycles. The van der Waals surface area contributed by atoms with Crippen molar-refractivity contribution in [1.29, 1.82) is 0 Å². The fourth-order valence-corrected chi connectivity index (χ4v) is 5.83.